The number of nitrogens with two attached hydrogens (primary N) is 2. The Balaban J connectivity index is 1.03. The molecule has 0 saturated carbocycles. The largest absolute Gasteiger partial charge is 0.330 e. The second-order valence-electron chi connectivity index (χ2n) is 14.7. The van der Waals surface area contributed by atoms with Crippen LogP contribution in [0.1, 0.15) is 51.4 Å². The highest BCUT2D eigenvalue weighted by molar-refractivity contribution is 7.91. The Kier molecular flexibility index (Phi) is 20.6. The third kappa shape index (κ3) is 17.0. The molecule has 55 heavy (non-hydrogen) atoms. The molecule has 15 heteroatoms. The van der Waals surface area contributed by atoms with Gasteiger partial charge in [-0.2, -0.15) is 0 Å². The lowest BCUT2D eigenvalue weighted by Crippen LogP contribution is -2.47. The van der Waals surface area contributed by atoms with E-state index in [9.17, 15) is 18.0 Å². The first-order valence-electron chi connectivity index (χ1n) is 20.5. The minimum Gasteiger partial charge on any atom is -0.330 e. The second kappa shape index (κ2) is 25.3. The monoisotopic (exact) mass is 785 g/mol. The standard InChI is InChI=1S/C40H68N10O4S/c41-17-3-23-47-27-31-49(32-28-47)25-5-21-43-19-1-7-39(51)45-35-9-13-37(14-10-35)55(53,54)38-15-11-36(12-16-38)46-40(52)8-2-20-44-22-6-26-50-33-29-48(30-34-50)24-4-18-42/h9-16,43-44H,1-8,17-34,41-42H2,(H,45,51)(H,46,52). The van der Waals surface area contributed by atoms with Gasteiger partial charge in [0.05, 0.1) is 9.79 Å². The van der Waals surface area contributed by atoms with Gasteiger partial charge >= 0.3 is 0 Å². The van der Waals surface area contributed by atoms with Gasteiger partial charge in [0, 0.05) is 76.6 Å². The number of piperazine rings is 2. The van der Waals surface area contributed by atoms with Gasteiger partial charge < -0.3 is 52.3 Å². The van der Waals surface area contributed by atoms with Gasteiger partial charge in [0.15, 0.2) is 0 Å². The summed E-state index contributed by atoms with van der Waals surface area (Å²) in [6.45, 7) is 18.2. The molecular weight excluding hydrogens is 717 g/mol. The van der Waals surface area contributed by atoms with Crippen molar-refractivity contribution >= 4 is 33.0 Å². The number of hydrogen-bond acceptors (Lipinski definition) is 12. The van der Waals surface area contributed by atoms with Crippen LogP contribution in [0.3, 0.4) is 0 Å². The Morgan fingerprint density at radius 2 is 0.800 bits per heavy atom. The summed E-state index contributed by atoms with van der Waals surface area (Å²) in [5.74, 6) is -0.206. The molecule has 2 aliphatic rings. The van der Waals surface area contributed by atoms with Gasteiger partial charge in [-0.1, -0.05) is 0 Å². The predicted octanol–water partition coefficient (Wildman–Crippen LogP) is 1.85. The van der Waals surface area contributed by atoms with E-state index in [1.807, 2.05) is 0 Å². The minimum absolute atomic E-state index is 0.103. The van der Waals surface area contributed by atoms with E-state index in [1.54, 1.807) is 24.3 Å². The molecule has 2 aliphatic heterocycles. The predicted molar refractivity (Wildman–Crippen MR) is 222 cm³/mol. The summed E-state index contributed by atoms with van der Waals surface area (Å²) in [5, 5.41) is 12.6. The lowest BCUT2D eigenvalue weighted by molar-refractivity contribution is -0.117. The van der Waals surface area contributed by atoms with Gasteiger partial charge in [-0.15, -0.1) is 0 Å². The molecule has 0 unspecified atom stereocenters. The van der Waals surface area contributed by atoms with Gasteiger partial charge in [-0.05, 0) is 153 Å². The summed E-state index contributed by atoms with van der Waals surface area (Å²) >= 11 is 0. The molecule has 2 saturated heterocycles. The Bertz CT molecular complexity index is 1370. The lowest BCUT2D eigenvalue weighted by atomic mass is 10.2. The summed E-state index contributed by atoms with van der Waals surface area (Å²) in [6.07, 6.45) is 6.51. The number of anilines is 2. The molecule has 2 aromatic rings. The number of sulfone groups is 1. The van der Waals surface area contributed by atoms with Crippen molar-refractivity contribution in [2.24, 2.45) is 11.5 Å². The summed E-state index contributed by atoms with van der Waals surface area (Å²) in [4.78, 5) is 35.3. The van der Waals surface area contributed by atoms with Crippen molar-refractivity contribution in [1.29, 1.82) is 0 Å². The second-order valence-corrected chi connectivity index (χ2v) is 16.7. The van der Waals surface area contributed by atoms with E-state index < -0.39 is 9.84 Å². The van der Waals surface area contributed by atoms with Crippen LogP contribution in [0.5, 0.6) is 0 Å². The Labute approximate surface area is 330 Å². The number of carbonyl (C=O) groups is 2. The number of nitrogens with one attached hydrogen (secondary N) is 4. The summed E-state index contributed by atoms with van der Waals surface area (Å²) in [7, 11) is -3.77. The molecule has 2 heterocycles. The van der Waals surface area contributed by atoms with Crippen molar-refractivity contribution in [2.75, 3.05) is 128 Å². The molecular formula is C40H68N10O4S. The highest BCUT2D eigenvalue weighted by Crippen LogP contribution is 2.24. The Morgan fingerprint density at radius 3 is 1.13 bits per heavy atom. The molecule has 8 N–H and O–H groups in total. The van der Waals surface area contributed by atoms with E-state index in [0.717, 1.165) is 156 Å². The molecule has 2 aromatic carbocycles. The van der Waals surface area contributed by atoms with Crippen LogP contribution in [0.2, 0.25) is 0 Å². The van der Waals surface area contributed by atoms with Gasteiger partial charge in [0.1, 0.15) is 0 Å². The van der Waals surface area contributed by atoms with Gasteiger partial charge in [0.2, 0.25) is 21.7 Å². The molecule has 14 nitrogen and oxygen atoms in total. The fourth-order valence-corrected chi connectivity index (χ4v) is 8.23. The zero-order valence-electron chi connectivity index (χ0n) is 33.0. The van der Waals surface area contributed by atoms with Crippen molar-refractivity contribution in [2.45, 2.75) is 61.2 Å². The molecule has 0 aliphatic carbocycles. The Morgan fingerprint density at radius 1 is 0.491 bits per heavy atom. The van der Waals surface area contributed by atoms with E-state index in [4.69, 9.17) is 11.5 Å². The molecule has 0 atom stereocenters. The first-order chi connectivity index (χ1) is 26.8. The maximum Gasteiger partial charge on any atom is 0.224 e. The van der Waals surface area contributed by atoms with Crippen LogP contribution >= 0.6 is 0 Å². The first kappa shape index (κ1) is 44.7. The normalized spacial score (nSPS) is 16.3. The molecule has 2 amide bonds. The van der Waals surface area contributed by atoms with Crippen LogP contribution in [0, 0.1) is 0 Å². The van der Waals surface area contributed by atoms with Gasteiger partial charge in [-0.25, -0.2) is 8.42 Å². The van der Waals surface area contributed by atoms with E-state index in [1.165, 1.54) is 24.3 Å². The molecule has 0 radical (unpaired) electrons. The van der Waals surface area contributed by atoms with Crippen molar-refractivity contribution in [3.63, 3.8) is 0 Å². The average molecular weight is 785 g/mol. The van der Waals surface area contributed by atoms with Crippen molar-refractivity contribution < 1.29 is 18.0 Å². The SMILES string of the molecule is NCCCN1CCN(CCCNCCCC(=O)Nc2ccc(S(=O)(=O)c3ccc(NC(=O)CCCNCCCN4CCN(CCCN)CC4)cc3)cc2)CC1. The van der Waals surface area contributed by atoms with Crippen molar-refractivity contribution in [1.82, 2.24) is 30.2 Å². The molecule has 308 valence electrons. The number of nitrogens with zero attached hydrogens (tertiary/aromatic N) is 4. The molecule has 0 bridgehead atoms. The molecule has 0 aromatic heterocycles. The van der Waals surface area contributed by atoms with Crippen LogP contribution in [0.25, 0.3) is 0 Å². The minimum atomic E-state index is -3.77. The number of hydrogen-bond donors (Lipinski definition) is 6. The quantitative estimate of drug-likeness (QED) is 0.0764. The number of rotatable bonds is 26. The number of amides is 2. The van der Waals surface area contributed by atoms with Gasteiger partial charge in [0.25, 0.3) is 0 Å². The smallest absolute Gasteiger partial charge is 0.224 e. The fourth-order valence-electron chi connectivity index (χ4n) is 6.97. The van der Waals surface area contributed by atoms with E-state index in [2.05, 4.69) is 40.9 Å². The third-order valence-electron chi connectivity index (χ3n) is 10.4. The van der Waals surface area contributed by atoms with Crippen molar-refractivity contribution in [3.8, 4) is 0 Å². The molecule has 0 spiro atoms. The highest BCUT2D eigenvalue weighted by Gasteiger charge is 2.19. The maximum absolute atomic E-state index is 13.3. The molecule has 2 fully saturated rings. The van der Waals surface area contributed by atoms with Crippen LogP contribution in [0.4, 0.5) is 11.4 Å². The zero-order valence-corrected chi connectivity index (χ0v) is 33.8. The van der Waals surface area contributed by atoms with Gasteiger partial charge in [-0.3, -0.25) is 9.59 Å². The van der Waals surface area contributed by atoms with E-state index in [0.29, 0.717) is 24.2 Å². The van der Waals surface area contributed by atoms with Crippen LogP contribution in [-0.2, 0) is 19.4 Å². The van der Waals surface area contributed by atoms with Crippen LogP contribution < -0.4 is 32.7 Å². The first-order valence-corrected chi connectivity index (χ1v) is 22.0. The third-order valence-corrected chi connectivity index (χ3v) is 12.1. The number of benzene rings is 2. The Hall–Kier alpha value is -2.99. The van der Waals surface area contributed by atoms with Crippen molar-refractivity contribution in [3.05, 3.63) is 48.5 Å². The topological polar surface area (TPSA) is 181 Å². The summed E-state index contributed by atoms with van der Waals surface area (Å²) < 4.78 is 26.5. The van der Waals surface area contributed by atoms with E-state index >= 15 is 0 Å². The maximum atomic E-state index is 13.3. The highest BCUT2D eigenvalue weighted by atomic mass is 32.2. The number of carbonyl (C=O) groups excluding carboxylic acids is 2. The van der Waals surface area contributed by atoms with Crippen LogP contribution in [0.15, 0.2) is 58.3 Å². The van der Waals surface area contributed by atoms with Crippen LogP contribution in [-0.4, -0.2) is 158 Å². The average Bonchev–Trinajstić information content (AvgIpc) is 3.20. The lowest BCUT2D eigenvalue weighted by Gasteiger charge is -2.34. The fraction of sp³-hybridized carbons (Fsp3) is 0.650. The summed E-state index contributed by atoms with van der Waals surface area (Å²) in [5.41, 5.74) is 12.4. The zero-order chi connectivity index (χ0) is 39.1. The molecule has 4 rings (SSSR count). The van der Waals surface area contributed by atoms with E-state index in [-0.39, 0.29) is 21.6 Å². The summed E-state index contributed by atoms with van der Waals surface area (Å²) in [6, 6.07) is 12.4.